The number of aromatic nitrogens is 2. The highest BCUT2D eigenvalue weighted by molar-refractivity contribution is 9.10. The van der Waals surface area contributed by atoms with Gasteiger partial charge in [-0.1, -0.05) is 12.1 Å². The molecule has 1 saturated heterocycles. The van der Waals surface area contributed by atoms with Crippen molar-refractivity contribution in [2.24, 2.45) is 5.92 Å². The number of nitrogens with zero attached hydrogens (tertiary/aromatic N) is 2. The van der Waals surface area contributed by atoms with Gasteiger partial charge >= 0.3 is 0 Å². The topological polar surface area (TPSA) is 76.1 Å². The molecule has 2 heterocycles. The predicted molar refractivity (Wildman–Crippen MR) is 91.6 cm³/mol. The standard InChI is InChI=1S/C16H17BrN4O2/c17-12-3-1-2-4-13(12)18-14-5-6-15(21-20-14)19-16(22)11-7-9-23-10-8-11/h1-6,11H,7-10H2,(H,18,20)(H,19,21,22). The molecule has 0 atom stereocenters. The summed E-state index contributed by atoms with van der Waals surface area (Å²) < 4.78 is 6.21. The van der Waals surface area contributed by atoms with Gasteiger partial charge < -0.3 is 15.4 Å². The molecular weight excluding hydrogens is 360 g/mol. The van der Waals surface area contributed by atoms with Gasteiger partial charge in [-0.3, -0.25) is 4.79 Å². The Bertz CT molecular complexity index is 672. The highest BCUT2D eigenvalue weighted by atomic mass is 79.9. The van der Waals surface area contributed by atoms with Crippen molar-refractivity contribution in [1.29, 1.82) is 0 Å². The van der Waals surface area contributed by atoms with Gasteiger partial charge in [-0.2, -0.15) is 0 Å². The number of carbonyl (C=O) groups is 1. The van der Waals surface area contributed by atoms with Crippen LogP contribution >= 0.6 is 15.9 Å². The van der Waals surface area contributed by atoms with Crippen molar-refractivity contribution in [2.45, 2.75) is 12.8 Å². The van der Waals surface area contributed by atoms with Gasteiger partial charge in [0, 0.05) is 23.6 Å². The van der Waals surface area contributed by atoms with E-state index in [0.29, 0.717) is 24.8 Å². The molecule has 2 N–H and O–H groups in total. The van der Waals surface area contributed by atoms with Gasteiger partial charge in [-0.15, -0.1) is 10.2 Å². The van der Waals surface area contributed by atoms with Gasteiger partial charge in [0.1, 0.15) is 0 Å². The minimum absolute atomic E-state index is 0.0105. The number of hydrogen-bond acceptors (Lipinski definition) is 5. The van der Waals surface area contributed by atoms with Gasteiger partial charge in [0.2, 0.25) is 5.91 Å². The molecule has 0 saturated carbocycles. The number of hydrogen-bond donors (Lipinski definition) is 2. The maximum absolute atomic E-state index is 12.1. The van der Waals surface area contributed by atoms with E-state index in [2.05, 4.69) is 36.8 Å². The summed E-state index contributed by atoms with van der Waals surface area (Å²) in [6.45, 7) is 1.27. The molecule has 1 aromatic heterocycles. The van der Waals surface area contributed by atoms with Crippen LogP contribution in [0.2, 0.25) is 0 Å². The highest BCUT2D eigenvalue weighted by Gasteiger charge is 2.21. The summed E-state index contributed by atoms with van der Waals surface area (Å²) >= 11 is 3.47. The number of carbonyl (C=O) groups excluding carboxylic acids is 1. The van der Waals surface area contributed by atoms with Gasteiger partial charge in [-0.25, -0.2) is 0 Å². The number of amides is 1. The number of halogens is 1. The number of nitrogens with one attached hydrogen (secondary N) is 2. The van der Waals surface area contributed by atoms with E-state index < -0.39 is 0 Å². The number of benzene rings is 1. The molecule has 0 unspecified atom stereocenters. The van der Waals surface area contributed by atoms with Crippen LogP contribution in [-0.4, -0.2) is 29.3 Å². The third-order valence-corrected chi connectivity index (χ3v) is 4.34. The Kier molecular flexibility index (Phi) is 5.19. The average Bonchev–Trinajstić information content (AvgIpc) is 2.59. The van der Waals surface area contributed by atoms with Crippen molar-refractivity contribution in [2.75, 3.05) is 23.8 Å². The van der Waals surface area contributed by atoms with Crippen LogP contribution in [0.1, 0.15) is 12.8 Å². The molecule has 1 aliphatic heterocycles. The van der Waals surface area contributed by atoms with Crippen LogP contribution in [0.3, 0.4) is 0 Å². The minimum Gasteiger partial charge on any atom is -0.381 e. The molecule has 1 aliphatic rings. The zero-order chi connectivity index (χ0) is 16.1. The lowest BCUT2D eigenvalue weighted by Crippen LogP contribution is -2.28. The lowest BCUT2D eigenvalue weighted by molar-refractivity contribution is -0.122. The summed E-state index contributed by atoms with van der Waals surface area (Å²) in [5.41, 5.74) is 0.904. The summed E-state index contributed by atoms with van der Waals surface area (Å²) in [4.78, 5) is 12.1. The summed E-state index contributed by atoms with van der Waals surface area (Å²) in [6, 6.07) is 11.3. The number of ether oxygens (including phenoxy) is 1. The minimum atomic E-state index is -0.0193. The Morgan fingerprint density at radius 2 is 1.78 bits per heavy atom. The predicted octanol–water partition coefficient (Wildman–Crippen LogP) is 3.35. The van der Waals surface area contributed by atoms with Crippen LogP contribution in [0.15, 0.2) is 40.9 Å². The maximum atomic E-state index is 12.1. The Morgan fingerprint density at radius 3 is 2.48 bits per heavy atom. The molecule has 0 spiro atoms. The first-order valence-electron chi connectivity index (χ1n) is 7.46. The Labute approximate surface area is 142 Å². The smallest absolute Gasteiger partial charge is 0.228 e. The molecule has 23 heavy (non-hydrogen) atoms. The Morgan fingerprint density at radius 1 is 1.09 bits per heavy atom. The lowest BCUT2D eigenvalue weighted by Gasteiger charge is -2.20. The molecule has 0 radical (unpaired) electrons. The van der Waals surface area contributed by atoms with Crippen LogP contribution in [0.5, 0.6) is 0 Å². The number of anilines is 3. The fourth-order valence-electron chi connectivity index (χ4n) is 2.35. The van der Waals surface area contributed by atoms with E-state index in [1.807, 2.05) is 24.3 Å². The number of rotatable bonds is 4. The third kappa shape index (κ3) is 4.27. The second-order valence-electron chi connectivity index (χ2n) is 5.28. The zero-order valence-corrected chi connectivity index (χ0v) is 14.0. The van der Waals surface area contributed by atoms with E-state index in [9.17, 15) is 4.79 Å². The van der Waals surface area contributed by atoms with Gasteiger partial charge in [0.15, 0.2) is 11.6 Å². The van der Waals surface area contributed by atoms with E-state index in [1.54, 1.807) is 12.1 Å². The third-order valence-electron chi connectivity index (χ3n) is 3.64. The molecule has 1 fully saturated rings. The fraction of sp³-hybridized carbons (Fsp3) is 0.312. The molecular formula is C16H17BrN4O2. The Balaban J connectivity index is 1.60. The second kappa shape index (κ2) is 7.52. The lowest BCUT2D eigenvalue weighted by atomic mass is 9.99. The van der Waals surface area contributed by atoms with E-state index in [0.717, 1.165) is 23.0 Å². The van der Waals surface area contributed by atoms with Crippen LogP contribution in [0.4, 0.5) is 17.3 Å². The van der Waals surface area contributed by atoms with Crippen molar-refractivity contribution in [3.8, 4) is 0 Å². The number of para-hydroxylation sites is 1. The molecule has 0 bridgehead atoms. The van der Waals surface area contributed by atoms with Crippen molar-refractivity contribution in [1.82, 2.24) is 10.2 Å². The first kappa shape index (κ1) is 15.9. The van der Waals surface area contributed by atoms with E-state index >= 15 is 0 Å². The van der Waals surface area contributed by atoms with Gasteiger partial charge in [0.25, 0.3) is 0 Å². The van der Waals surface area contributed by atoms with Gasteiger partial charge in [-0.05, 0) is 53.0 Å². The summed E-state index contributed by atoms with van der Waals surface area (Å²) in [5, 5.41) is 14.1. The van der Waals surface area contributed by atoms with Crippen LogP contribution in [-0.2, 0) is 9.53 Å². The fourth-order valence-corrected chi connectivity index (χ4v) is 2.74. The highest BCUT2D eigenvalue weighted by Crippen LogP contribution is 2.24. The summed E-state index contributed by atoms with van der Waals surface area (Å²) in [7, 11) is 0. The molecule has 1 aromatic carbocycles. The summed E-state index contributed by atoms with van der Waals surface area (Å²) in [6.07, 6.45) is 1.50. The van der Waals surface area contributed by atoms with Crippen LogP contribution < -0.4 is 10.6 Å². The molecule has 7 heteroatoms. The van der Waals surface area contributed by atoms with Crippen molar-refractivity contribution in [3.05, 3.63) is 40.9 Å². The zero-order valence-electron chi connectivity index (χ0n) is 12.5. The van der Waals surface area contributed by atoms with Crippen molar-refractivity contribution in [3.63, 3.8) is 0 Å². The maximum Gasteiger partial charge on any atom is 0.228 e. The second-order valence-corrected chi connectivity index (χ2v) is 6.14. The quantitative estimate of drug-likeness (QED) is 0.855. The average molecular weight is 377 g/mol. The largest absolute Gasteiger partial charge is 0.381 e. The Hall–Kier alpha value is -1.99. The SMILES string of the molecule is O=C(Nc1ccc(Nc2ccccc2Br)nn1)C1CCOCC1. The van der Waals surface area contributed by atoms with Crippen LogP contribution in [0, 0.1) is 5.92 Å². The molecule has 2 aromatic rings. The van der Waals surface area contributed by atoms with E-state index in [1.165, 1.54) is 0 Å². The van der Waals surface area contributed by atoms with Crippen molar-refractivity contribution < 1.29 is 9.53 Å². The van der Waals surface area contributed by atoms with Gasteiger partial charge in [0.05, 0.1) is 5.69 Å². The molecule has 1 amide bonds. The van der Waals surface area contributed by atoms with Crippen LogP contribution in [0.25, 0.3) is 0 Å². The monoisotopic (exact) mass is 376 g/mol. The molecule has 0 aliphatic carbocycles. The molecule has 120 valence electrons. The summed E-state index contributed by atoms with van der Waals surface area (Å²) in [5.74, 6) is 1.04. The normalized spacial score (nSPS) is 15.2. The molecule has 6 nitrogen and oxygen atoms in total. The van der Waals surface area contributed by atoms with Crippen molar-refractivity contribution >= 4 is 39.2 Å². The van der Waals surface area contributed by atoms with E-state index in [4.69, 9.17) is 4.74 Å². The van der Waals surface area contributed by atoms with E-state index in [-0.39, 0.29) is 11.8 Å². The first-order chi connectivity index (χ1) is 11.2. The molecule has 3 rings (SSSR count). The first-order valence-corrected chi connectivity index (χ1v) is 8.25.